The second-order valence-electron chi connectivity index (χ2n) is 9.88. The number of rotatable bonds is 4. The number of ketones is 2. The van der Waals surface area contributed by atoms with Crippen LogP contribution in [-0.2, 0) is 20.7 Å². The standard InChI is InChI=1S/C26H27NO11/c1-9-20(28)12(27)6-15(37-9)38-14-8-26(35,25(33)34)7-11-17(14)24(32)19-18(22(11)30)21(29)10-4-3-5-13(36-2)16(10)23(19)31/h3-5,9,12,14-15,20,28,30,32,35H,6-8,27H2,1-2H3,(H,33,34)/t9-,12+,14+,15-,20+,26-/m1/s1. The van der Waals surface area contributed by atoms with Gasteiger partial charge in [0, 0.05) is 42.0 Å². The number of phenols is 2. The van der Waals surface area contributed by atoms with Gasteiger partial charge in [-0.2, -0.15) is 0 Å². The zero-order chi connectivity index (χ0) is 27.7. The molecule has 1 fully saturated rings. The second kappa shape index (κ2) is 9.03. The summed E-state index contributed by atoms with van der Waals surface area (Å²) in [5.74, 6) is -4.52. The molecule has 1 aliphatic heterocycles. The predicted octanol–water partition coefficient (Wildman–Crippen LogP) is 0.524. The van der Waals surface area contributed by atoms with Gasteiger partial charge in [0.05, 0.1) is 42.1 Å². The smallest absolute Gasteiger partial charge is 0.336 e. The number of methoxy groups -OCH3 is 1. The number of phenolic OH excluding ortho intramolecular Hbond substituents is 2. The van der Waals surface area contributed by atoms with E-state index >= 15 is 0 Å². The van der Waals surface area contributed by atoms with Gasteiger partial charge in [-0.25, -0.2) is 4.79 Å². The van der Waals surface area contributed by atoms with Crippen molar-refractivity contribution in [2.75, 3.05) is 7.11 Å². The van der Waals surface area contributed by atoms with Gasteiger partial charge in [0.2, 0.25) is 5.78 Å². The summed E-state index contributed by atoms with van der Waals surface area (Å²) in [5, 5.41) is 53.5. The normalized spacial score (nSPS) is 30.3. The van der Waals surface area contributed by atoms with Crippen LogP contribution in [0.2, 0.25) is 0 Å². The molecule has 0 spiro atoms. The molecule has 2 aliphatic carbocycles. The van der Waals surface area contributed by atoms with E-state index in [1.807, 2.05) is 0 Å². The van der Waals surface area contributed by atoms with Crippen molar-refractivity contribution in [1.82, 2.24) is 0 Å². The van der Waals surface area contributed by atoms with Crippen LogP contribution in [0.5, 0.6) is 17.2 Å². The molecular formula is C26H27NO11. The molecule has 0 saturated carbocycles. The number of nitrogens with two attached hydrogens (primary N) is 1. The summed E-state index contributed by atoms with van der Waals surface area (Å²) in [6, 6.07) is 3.60. The van der Waals surface area contributed by atoms with Crippen molar-refractivity contribution in [2.24, 2.45) is 5.73 Å². The van der Waals surface area contributed by atoms with E-state index in [4.69, 9.17) is 19.9 Å². The number of carbonyl (C=O) groups excluding carboxylic acids is 2. The van der Waals surface area contributed by atoms with Crippen LogP contribution in [0.3, 0.4) is 0 Å². The van der Waals surface area contributed by atoms with Crippen molar-refractivity contribution in [3.05, 3.63) is 51.6 Å². The highest BCUT2D eigenvalue weighted by Crippen LogP contribution is 2.52. The van der Waals surface area contributed by atoms with E-state index < -0.39 is 89.2 Å². The molecule has 0 aromatic heterocycles. The summed E-state index contributed by atoms with van der Waals surface area (Å²) < 4.78 is 16.9. The molecule has 0 radical (unpaired) electrons. The number of aliphatic carboxylic acids is 1. The molecule has 2 aromatic rings. The zero-order valence-electron chi connectivity index (χ0n) is 20.5. The van der Waals surface area contributed by atoms with Gasteiger partial charge >= 0.3 is 5.97 Å². The summed E-state index contributed by atoms with van der Waals surface area (Å²) in [6.45, 7) is 1.57. The Morgan fingerprint density at radius 3 is 2.45 bits per heavy atom. The fraction of sp³-hybridized carbons (Fsp3) is 0.423. The highest BCUT2D eigenvalue weighted by atomic mass is 16.7. The van der Waals surface area contributed by atoms with Crippen LogP contribution in [0.15, 0.2) is 18.2 Å². The van der Waals surface area contributed by atoms with Crippen LogP contribution in [0.4, 0.5) is 0 Å². The van der Waals surface area contributed by atoms with Gasteiger partial charge in [-0.3, -0.25) is 9.59 Å². The molecule has 38 heavy (non-hydrogen) atoms. The Hall–Kier alpha value is -3.55. The number of aliphatic hydroxyl groups excluding tert-OH is 1. The van der Waals surface area contributed by atoms with Crippen LogP contribution in [0.25, 0.3) is 0 Å². The Kier molecular flexibility index (Phi) is 6.20. The van der Waals surface area contributed by atoms with Gasteiger partial charge in [0.15, 0.2) is 17.7 Å². The highest BCUT2D eigenvalue weighted by Gasteiger charge is 2.50. The lowest BCUT2D eigenvalue weighted by atomic mass is 9.73. The Morgan fingerprint density at radius 1 is 1.13 bits per heavy atom. The third-order valence-corrected chi connectivity index (χ3v) is 7.54. The molecule has 2 aromatic carbocycles. The topological polar surface area (TPSA) is 206 Å². The number of carboxylic acids is 1. The fourth-order valence-corrected chi connectivity index (χ4v) is 5.55. The molecule has 1 heterocycles. The first-order chi connectivity index (χ1) is 17.9. The van der Waals surface area contributed by atoms with Crippen LogP contribution in [-0.4, -0.2) is 80.3 Å². The number of ether oxygens (including phenoxy) is 3. The number of benzene rings is 2. The highest BCUT2D eigenvalue weighted by molar-refractivity contribution is 6.31. The van der Waals surface area contributed by atoms with Gasteiger partial charge in [0.25, 0.3) is 0 Å². The van der Waals surface area contributed by atoms with Crippen LogP contribution in [0, 0.1) is 0 Å². The monoisotopic (exact) mass is 529 g/mol. The number of carboxylic acid groups (broad SMARTS) is 1. The van der Waals surface area contributed by atoms with Gasteiger partial charge in [-0.1, -0.05) is 12.1 Å². The molecule has 5 rings (SSSR count). The van der Waals surface area contributed by atoms with Crippen LogP contribution >= 0.6 is 0 Å². The lowest BCUT2D eigenvalue weighted by Crippen LogP contribution is -2.52. The van der Waals surface area contributed by atoms with E-state index in [1.165, 1.54) is 25.3 Å². The third kappa shape index (κ3) is 3.76. The van der Waals surface area contributed by atoms with Crippen molar-refractivity contribution in [3.8, 4) is 17.2 Å². The number of aromatic hydroxyl groups is 2. The summed E-state index contributed by atoms with van der Waals surface area (Å²) in [6.07, 6.45) is -5.42. The molecule has 6 atom stereocenters. The summed E-state index contributed by atoms with van der Waals surface area (Å²) in [7, 11) is 1.32. The maximum Gasteiger partial charge on any atom is 0.336 e. The van der Waals surface area contributed by atoms with Crippen molar-refractivity contribution in [1.29, 1.82) is 0 Å². The Balaban J connectivity index is 1.68. The molecule has 7 N–H and O–H groups in total. The van der Waals surface area contributed by atoms with Crippen molar-refractivity contribution in [2.45, 2.75) is 62.4 Å². The van der Waals surface area contributed by atoms with E-state index in [9.17, 15) is 39.9 Å². The number of hydrogen-bond donors (Lipinski definition) is 6. The first-order valence-corrected chi connectivity index (χ1v) is 12.0. The average molecular weight is 529 g/mol. The van der Waals surface area contributed by atoms with Gasteiger partial charge < -0.3 is 45.5 Å². The molecule has 0 bridgehead atoms. The summed E-state index contributed by atoms with van der Waals surface area (Å²) in [5.41, 5.74) is 1.98. The minimum atomic E-state index is -2.44. The zero-order valence-corrected chi connectivity index (χ0v) is 20.5. The van der Waals surface area contributed by atoms with Gasteiger partial charge in [-0.05, 0) is 13.0 Å². The summed E-state index contributed by atoms with van der Waals surface area (Å²) in [4.78, 5) is 39.1. The molecule has 3 aliphatic rings. The van der Waals surface area contributed by atoms with Crippen molar-refractivity contribution >= 4 is 17.5 Å². The predicted molar refractivity (Wildman–Crippen MR) is 127 cm³/mol. The maximum absolute atomic E-state index is 13.6. The SMILES string of the molecule is COc1cccc2c1C(=O)c1c(O)c3c(c(O)c1C2=O)C[C@](O)(C(=O)O)C[C@@H]3O[C@@H]1C[C@H](N)[C@@H](O)[C@@H](C)O1. The second-order valence-corrected chi connectivity index (χ2v) is 9.88. The molecule has 0 unspecified atom stereocenters. The van der Waals surface area contributed by atoms with Crippen molar-refractivity contribution in [3.63, 3.8) is 0 Å². The van der Waals surface area contributed by atoms with E-state index in [2.05, 4.69) is 0 Å². The fourth-order valence-electron chi connectivity index (χ4n) is 5.55. The van der Waals surface area contributed by atoms with Gasteiger partial charge in [-0.15, -0.1) is 0 Å². The lowest BCUT2D eigenvalue weighted by Gasteiger charge is -2.41. The van der Waals surface area contributed by atoms with Crippen LogP contribution < -0.4 is 10.5 Å². The first-order valence-electron chi connectivity index (χ1n) is 12.0. The number of fused-ring (bicyclic) bond motifs is 3. The average Bonchev–Trinajstić information content (AvgIpc) is 2.87. The van der Waals surface area contributed by atoms with E-state index in [0.29, 0.717) is 0 Å². The van der Waals surface area contributed by atoms with Crippen LogP contribution in [0.1, 0.15) is 68.8 Å². The number of carbonyl (C=O) groups is 3. The Labute approximate surface area is 216 Å². The minimum Gasteiger partial charge on any atom is -0.507 e. The summed E-state index contributed by atoms with van der Waals surface area (Å²) >= 11 is 0. The van der Waals surface area contributed by atoms with E-state index in [0.717, 1.165) is 0 Å². The molecule has 202 valence electrons. The maximum atomic E-state index is 13.6. The minimum absolute atomic E-state index is 0.00250. The number of hydrogen-bond acceptors (Lipinski definition) is 11. The van der Waals surface area contributed by atoms with Crippen molar-refractivity contribution < 1.29 is 54.1 Å². The van der Waals surface area contributed by atoms with Gasteiger partial charge in [0.1, 0.15) is 17.2 Å². The quantitative estimate of drug-likeness (QED) is 0.256. The molecule has 0 amide bonds. The Morgan fingerprint density at radius 2 is 1.82 bits per heavy atom. The number of aliphatic hydroxyl groups is 2. The molecule has 12 nitrogen and oxygen atoms in total. The first kappa shape index (κ1) is 26.1. The lowest BCUT2D eigenvalue weighted by molar-refractivity contribution is -0.248. The largest absolute Gasteiger partial charge is 0.507 e. The third-order valence-electron chi connectivity index (χ3n) is 7.54. The molecular weight excluding hydrogens is 502 g/mol. The van der Waals surface area contributed by atoms with E-state index in [1.54, 1.807) is 6.92 Å². The molecule has 12 heteroatoms. The van der Waals surface area contributed by atoms with E-state index in [-0.39, 0.29) is 34.4 Å². The Bertz CT molecular complexity index is 1360. The molecule has 1 saturated heterocycles.